The summed E-state index contributed by atoms with van der Waals surface area (Å²) < 4.78 is 9.59. The molecule has 0 radical (unpaired) electrons. The van der Waals surface area contributed by atoms with Crippen LogP contribution in [0.5, 0.6) is 0 Å². The highest BCUT2D eigenvalue weighted by Crippen LogP contribution is 1.92. The van der Waals surface area contributed by atoms with Gasteiger partial charge in [-0.2, -0.15) is 0 Å². The van der Waals surface area contributed by atoms with Gasteiger partial charge in [0.25, 0.3) is 0 Å². The maximum Gasteiger partial charge on any atom is 0.356 e. The lowest BCUT2D eigenvalue weighted by Crippen LogP contribution is -2.19. The van der Waals surface area contributed by atoms with Crippen LogP contribution in [-0.2, 0) is 30.0 Å². The Bertz CT molecular complexity index is 248. The van der Waals surface area contributed by atoms with Crippen molar-refractivity contribution in [3.8, 4) is 0 Å². The highest BCUT2D eigenvalue weighted by atomic mass is 32.2. The number of carbonyl (C=O) groups is 2. The minimum Gasteiger partial charge on any atom is -0.459 e. The Hall–Kier alpha value is -0.970. The quantitative estimate of drug-likeness (QED) is 0.290. The van der Waals surface area contributed by atoms with E-state index in [1.807, 2.05) is 12.5 Å². The topological polar surface area (TPSA) is 52.6 Å². The zero-order valence-electron chi connectivity index (χ0n) is 9.37. The zero-order chi connectivity index (χ0) is 11.8. The van der Waals surface area contributed by atoms with Gasteiger partial charge in [0.05, 0.1) is 12.5 Å². The number of hydrogen-bond donors (Lipinski definition) is 0. The van der Waals surface area contributed by atoms with Crippen molar-refractivity contribution in [2.75, 3.05) is 31.5 Å². The molecule has 0 saturated carbocycles. The average Bonchev–Trinajstić information content (AvgIpc) is 2.10. The third-order valence-electron chi connectivity index (χ3n) is 1.33. The molecule has 0 bridgehead atoms. The molecule has 0 aliphatic carbocycles. The molecule has 0 atom stereocenters. The van der Waals surface area contributed by atoms with Crippen LogP contribution >= 0.6 is 0 Å². The van der Waals surface area contributed by atoms with Crippen molar-refractivity contribution in [3.05, 3.63) is 12.2 Å². The van der Waals surface area contributed by atoms with Gasteiger partial charge < -0.3 is 9.47 Å². The molecule has 0 fully saturated rings. The van der Waals surface area contributed by atoms with Gasteiger partial charge in [0.1, 0.15) is 13.2 Å². The summed E-state index contributed by atoms with van der Waals surface area (Å²) in [7, 11) is 0.0364. The van der Waals surface area contributed by atoms with Crippen LogP contribution < -0.4 is 0 Å². The molecule has 0 spiro atoms. The van der Waals surface area contributed by atoms with Crippen LogP contribution in [0.3, 0.4) is 0 Å². The third kappa shape index (κ3) is 8.05. The van der Waals surface area contributed by atoms with Gasteiger partial charge in [0, 0.05) is 5.57 Å². The second-order valence-corrected chi connectivity index (χ2v) is 5.53. The first-order valence-electron chi connectivity index (χ1n) is 4.46. The van der Waals surface area contributed by atoms with E-state index in [1.165, 1.54) is 0 Å². The SMILES string of the molecule is C=C(C)C(=O)OCCOC(=O)C[S+](C)C. The molecular formula is C10H17O4S+. The molecule has 86 valence electrons. The molecule has 0 heterocycles. The summed E-state index contributed by atoms with van der Waals surface area (Å²) in [6.45, 7) is 5.18. The van der Waals surface area contributed by atoms with Crippen LogP contribution in [-0.4, -0.2) is 43.4 Å². The monoisotopic (exact) mass is 233 g/mol. The molecule has 0 aromatic heterocycles. The maximum atomic E-state index is 11.1. The number of rotatable bonds is 6. The number of hydrogen-bond acceptors (Lipinski definition) is 4. The van der Waals surface area contributed by atoms with Crippen molar-refractivity contribution in [1.82, 2.24) is 0 Å². The minimum atomic E-state index is -0.461. The maximum absolute atomic E-state index is 11.1. The second kappa shape index (κ2) is 7.34. The van der Waals surface area contributed by atoms with Crippen molar-refractivity contribution in [1.29, 1.82) is 0 Å². The van der Waals surface area contributed by atoms with E-state index < -0.39 is 5.97 Å². The minimum absolute atomic E-state index is 0.0364. The van der Waals surface area contributed by atoms with E-state index in [0.717, 1.165) is 0 Å². The highest BCUT2D eigenvalue weighted by Gasteiger charge is 2.12. The fraction of sp³-hybridized carbons (Fsp3) is 0.600. The predicted molar refractivity (Wildman–Crippen MR) is 60.8 cm³/mol. The van der Waals surface area contributed by atoms with Gasteiger partial charge in [-0.1, -0.05) is 6.58 Å². The fourth-order valence-corrected chi connectivity index (χ4v) is 1.25. The lowest BCUT2D eigenvalue weighted by Gasteiger charge is -2.05. The Morgan fingerprint density at radius 1 is 1.20 bits per heavy atom. The van der Waals surface area contributed by atoms with Gasteiger partial charge in [-0.15, -0.1) is 0 Å². The molecule has 0 aliphatic rings. The van der Waals surface area contributed by atoms with E-state index >= 15 is 0 Å². The Labute approximate surface area is 93.0 Å². The summed E-state index contributed by atoms with van der Waals surface area (Å²) in [4.78, 5) is 22.0. The molecule has 0 rings (SSSR count). The Morgan fingerprint density at radius 2 is 1.73 bits per heavy atom. The molecule has 0 unspecified atom stereocenters. The number of carbonyl (C=O) groups excluding carboxylic acids is 2. The van der Waals surface area contributed by atoms with Crippen LogP contribution in [0, 0.1) is 0 Å². The first-order chi connectivity index (χ1) is 6.93. The van der Waals surface area contributed by atoms with Crippen LogP contribution in [0.15, 0.2) is 12.2 Å². The largest absolute Gasteiger partial charge is 0.459 e. The standard InChI is InChI=1S/C10H17O4S/c1-8(2)10(12)14-6-5-13-9(11)7-15(3)4/h1,5-7H2,2-4H3/q+1. The summed E-state index contributed by atoms with van der Waals surface area (Å²) >= 11 is 0. The molecule has 0 amide bonds. The van der Waals surface area contributed by atoms with Crippen LogP contribution in [0.4, 0.5) is 0 Å². The van der Waals surface area contributed by atoms with Gasteiger partial charge in [-0.25, -0.2) is 9.59 Å². The predicted octanol–water partition coefficient (Wildman–Crippen LogP) is 0.527. The Kier molecular flexibility index (Phi) is 6.86. The second-order valence-electron chi connectivity index (χ2n) is 3.27. The van der Waals surface area contributed by atoms with Gasteiger partial charge in [0.15, 0.2) is 0 Å². The summed E-state index contributed by atoms with van der Waals surface area (Å²) in [6.07, 6.45) is 3.92. The van der Waals surface area contributed by atoms with E-state index in [1.54, 1.807) is 6.92 Å². The molecule has 0 N–H and O–H groups in total. The van der Waals surface area contributed by atoms with Crippen LogP contribution in [0.25, 0.3) is 0 Å². The highest BCUT2D eigenvalue weighted by molar-refractivity contribution is 7.96. The lowest BCUT2D eigenvalue weighted by molar-refractivity contribution is -0.148. The van der Waals surface area contributed by atoms with Crippen molar-refractivity contribution in [2.24, 2.45) is 0 Å². The van der Waals surface area contributed by atoms with Gasteiger partial charge >= 0.3 is 11.9 Å². The molecule has 5 heteroatoms. The summed E-state index contributed by atoms with van der Waals surface area (Å²) in [5, 5.41) is 0. The van der Waals surface area contributed by atoms with Gasteiger partial charge in [-0.05, 0) is 17.8 Å². The van der Waals surface area contributed by atoms with Gasteiger partial charge in [-0.3, -0.25) is 0 Å². The summed E-state index contributed by atoms with van der Waals surface area (Å²) in [5.74, 6) is -0.305. The number of ether oxygens (including phenoxy) is 2. The molecule has 15 heavy (non-hydrogen) atoms. The summed E-state index contributed by atoms with van der Waals surface area (Å²) in [6, 6.07) is 0. The van der Waals surface area contributed by atoms with E-state index in [9.17, 15) is 9.59 Å². The normalized spacial score (nSPS) is 9.87. The van der Waals surface area contributed by atoms with E-state index in [4.69, 9.17) is 9.47 Å². The zero-order valence-corrected chi connectivity index (χ0v) is 10.2. The number of esters is 2. The van der Waals surface area contributed by atoms with Gasteiger partial charge in [0.2, 0.25) is 5.75 Å². The van der Waals surface area contributed by atoms with Crippen molar-refractivity contribution >= 4 is 22.8 Å². The molecular weight excluding hydrogens is 216 g/mol. The van der Waals surface area contributed by atoms with E-state index in [-0.39, 0.29) is 30.1 Å². The fourth-order valence-electron chi connectivity index (χ4n) is 0.690. The Balaban J connectivity index is 3.50. The van der Waals surface area contributed by atoms with E-state index in [2.05, 4.69) is 6.58 Å². The summed E-state index contributed by atoms with van der Waals surface area (Å²) in [5.41, 5.74) is 0.338. The van der Waals surface area contributed by atoms with Crippen molar-refractivity contribution in [2.45, 2.75) is 6.92 Å². The van der Waals surface area contributed by atoms with Crippen molar-refractivity contribution < 1.29 is 19.1 Å². The van der Waals surface area contributed by atoms with E-state index in [0.29, 0.717) is 11.3 Å². The molecule has 0 aromatic rings. The smallest absolute Gasteiger partial charge is 0.356 e. The molecule has 4 nitrogen and oxygen atoms in total. The Morgan fingerprint density at radius 3 is 2.20 bits per heavy atom. The lowest BCUT2D eigenvalue weighted by atomic mass is 10.4. The van der Waals surface area contributed by atoms with Crippen LogP contribution in [0.2, 0.25) is 0 Å². The van der Waals surface area contributed by atoms with Crippen molar-refractivity contribution in [3.63, 3.8) is 0 Å². The molecule has 0 saturated heterocycles. The average molecular weight is 233 g/mol. The molecule has 0 aliphatic heterocycles. The molecule has 0 aromatic carbocycles. The first kappa shape index (κ1) is 14.0. The third-order valence-corrected chi connectivity index (χ3v) is 2.15. The first-order valence-corrected chi connectivity index (χ1v) is 6.67. The van der Waals surface area contributed by atoms with Crippen LogP contribution in [0.1, 0.15) is 6.92 Å².